The van der Waals surface area contributed by atoms with Gasteiger partial charge in [-0.05, 0) is 38.3 Å². The summed E-state index contributed by atoms with van der Waals surface area (Å²) in [5.41, 5.74) is 1.84. The minimum Gasteiger partial charge on any atom is -0.429 e. The molecule has 0 spiro atoms. The van der Waals surface area contributed by atoms with E-state index in [9.17, 15) is 9.59 Å². The number of benzene rings is 1. The third-order valence-electron chi connectivity index (χ3n) is 2.77. The molecule has 6 heteroatoms. The Bertz CT molecular complexity index is 462. The van der Waals surface area contributed by atoms with Crippen LogP contribution in [0.2, 0.25) is 0 Å². The van der Waals surface area contributed by atoms with Gasteiger partial charge >= 0.3 is 12.1 Å². The second-order valence-electron chi connectivity index (χ2n) is 4.38. The maximum Gasteiger partial charge on any atom is 0.543 e. The molecule has 20 heavy (non-hydrogen) atoms. The Hall–Kier alpha value is -2.08. The summed E-state index contributed by atoms with van der Waals surface area (Å²) in [4.78, 5) is 31.5. The lowest BCUT2D eigenvalue weighted by atomic mass is 10.0. The predicted molar refractivity (Wildman–Crippen MR) is 69.7 cm³/mol. The van der Waals surface area contributed by atoms with Crippen LogP contribution in [0.25, 0.3) is 0 Å². The van der Waals surface area contributed by atoms with E-state index in [2.05, 4.69) is 14.8 Å². The monoisotopic (exact) mass is 282 g/mol. The van der Waals surface area contributed by atoms with E-state index in [-0.39, 0.29) is 6.10 Å². The molecule has 0 amide bonds. The number of carbonyl (C=O) groups is 2. The zero-order valence-corrected chi connectivity index (χ0v) is 12.0. The van der Waals surface area contributed by atoms with Crippen molar-refractivity contribution in [1.82, 2.24) is 0 Å². The largest absolute Gasteiger partial charge is 0.543 e. The van der Waals surface area contributed by atoms with E-state index in [1.165, 1.54) is 0 Å². The van der Waals surface area contributed by atoms with Crippen molar-refractivity contribution in [3.8, 4) is 0 Å². The van der Waals surface area contributed by atoms with Gasteiger partial charge in [0, 0.05) is 0 Å². The third-order valence-corrected chi connectivity index (χ3v) is 2.77. The molecular formula is C14H18O6. The Labute approximate surface area is 117 Å². The fourth-order valence-electron chi connectivity index (χ4n) is 1.52. The fraction of sp³-hybridized carbons (Fsp3) is 0.429. The van der Waals surface area contributed by atoms with Crippen molar-refractivity contribution < 1.29 is 29.1 Å². The SMILES string of the molecule is CCC(C)OC(=O)OOOC(=O)c1c(C)cccc1C. The second kappa shape index (κ2) is 7.49. The molecule has 0 N–H and O–H groups in total. The van der Waals surface area contributed by atoms with Crippen LogP contribution in [0.5, 0.6) is 0 Å². The Morgan fingerprint density at radius 1 is 1.15 bits per heavy atom. The molecule has 1 unspecified atom stereocenters. The van der Waals surface area contributed by atoms with Gasteiger partial charge in [0.15, 0.2) is 0 Å². The van der Waals surface area contributed by atoms with Gasteiger partial charge in [-0.1, -0.05) is 25.1 Å². The van der Waals surface area contributed by atoms with E-state index < -0.39 is 12.1 Å². The van der Waals surface area contributed by atoms with Crippen LogP contribution in [-0.4, -0.2) is 18.2 Å². The minimum absolute atomic E-state index is 0.305. The fourth-order valence-corrected chi connectivity index (χ4v) is 1.52. The lowest BCUT2D eigenvalue weighted by Crippen LogP contribution is -2.17. The number of hydrogen-bond acceptors (Lipinski definition) is 6. The molecule has 0 saturated heterocycles. The summed E-state index contributed by atoms with van der Waals surface area (Å²) in [7, 11) is 0. The molecule has 0 aromatic heterocycles. The van der Waals surface area contributed by atoms with Crippen LogP contribution in [0.1, 0.15) is 41.8 Å². The van der Waals surface area contributed by atoms with E-state index in [1.807, 2.05) is 13.0 Å². The van der Waals surface area contributed by atoms with E-state index in [0.717, 1.165) is 11.1 Å². The van der Waals surface area contributed by atoms with Crippen LogP contribution in [0.15, 0.2) is 18.2 Å². The lowest BCUT2D eigenvalue weighted by molar-refractivity contribution is -0.452. The molecule has 1 atom stereocenters. The maximum atomic E-state index is 11.8. The number of hydrogen-bond donors (Lipinski definition) is 0. The minimum atomic E-state index is -1.06. The van der Waals surface area contributed by atoms with Gasteiger partial charge in [-0.2, -0.15) is 0 Å². The summed E-state index contributed by atoms with van der Waals surface area (Å²) in [5.74, 6) is -0.739. The van der Waals surface area contributed by atoms with Crippen LogP contribution in [0.3, 0.4) is 0 Å². The highest BCUT2D eigenvalue weighted by Gasteiger charge is 2.17. The van der Waals surface area contributed by atoms with Gasteiger partial charge in [0.1, 0.15) is 6.10 Å². The summed E-state index contributed by atoms with van der Waals surface area (Å²) in [5, 5.41) is 4.14. The Kier molecular flexibility index (Phi) is 5.99. The smallest absolute Gasteiger partial charge is 0.429 e. The number of carbonyl (C=O) groups excluding carboxylic acids is 2. The first-order chi connectivity index (χ1) is 9.45. The van der Waals surface area contributed by atoms with Crippen molar-refractivity contribution in [1.29, 1.82) is 0 Å². The lowest BCUT2D eigenvalue weighted by Gasteiger charge is -2.09. The molecule has 0 fully saturated rings. The zero-order chi connectivity index (χ0) is 15.1. The van der Waals surface area contributed by atoms with Gasteiger partial charge in [0.25, 0.3) is 0 Å². The van der Waals surface area contributed by atoms with Crippen LogP contribution in [0, 0.1) is 13.8 Å². The van der Waals surface area contributed by atoms with Gasteiger partial charge in [-0.25, -0.2) is 14.5 Å². The van der Waals surface area contributed by atoms with Gasteiger partial charge in [-0.3, -0.25) is 4.89 Å². The first kappa shape index (κ1) is 16.0. The summed E-state index contributed by atoms with van der Waals surface area (Å²) in [6.07, 6.45) is -0.730. The molecule has 1 rings (SSSR count). The van der Waals surface area contributed by atoms with Crippen molar-refractivity contribution in [2.24, 2.45) is 0 Å². The average molecular weight is 282 g/mol. The molecule has 0 aliphatic rings. The molecule has 0 aliphatic carbocycles. The molecule has 0 saturated carbocycles. The number of rotatable bonds is 5. The molecule has 6 nitrogen and oxygen atoms in total. The zero-order valence-electron chi connectivity index (χ0n) is 12.0. The molecule has 110 valence electrons. The third kappa shape index (κ3) is 4.55. The van der Waals surface area contributed by atoms with E-state index in [1.54, 1.807) is 32.9 Å². The van der Waals surface area contributed by atoms with Crippen molar-refractivity contribution >= 4 is 12.1 Å². The molecule has 0 radical (unpaired) electrons. The highest BCUT2D eigenvalue weighted by Crippen LogP contribution is 2.14. The van der Waals surface area contributed by atoms with Gasteiger partial charge < -0.3 is 4.74 Å². The van der Waals surface area contributed by atoms with Gasteiger partial charge in [0.2, 0.25) is 0 Å². The van der Waals surface area contributed by atoms with Crippen LogP contribution >= 0.6 is 0 Å². The first-order valence-corrected chi connectivity index (χ1v) is 6.28. The predicted octanol–water partition coefficient (Wildman–Crippen LogP) is 3.26. The van der Waals surface area contributed by atoms with Crippen molar-refractivity contribution in [3.63, 3.8) is 0 Å². The molecule has 1 aromatic carbocycles. The summed E-state index contributed by atoms with van der Waals surface area (Å²) in [6, 6.07) is 5.35. The van der Waals surface area contributed by atoms with E-state index in [0.29, 0.717) is 12.0 Å². The molecule has 0 aliphatic heterocycles. The quantitative estimate of drug-likeness (QED) is 0.469. The molecule has 0 heterocycles. The van der Waals surface area contributed by atoms with Crippen molar-refractivity contribution in [2.45, 2.75) is 40.2 Å². The van der Waals surface area contributed by atoms with Crippen LogP contribution in [0.4, 0.5) is 4.79 Å². The summed E-state index contributed by atoms with van der Waals surface area (Å²) in [6.45, 7) is 7.08. The van der Waals surface area contributed by atoms with Crippen LogP contribution < -0.4 is 0 Å². The molecule has 0 bridgehead atoms. The van der Waals surface area contributed by atoms with E-state index >= 15 is 0 Å². The standard InChI is InChI=1S/C14H18O6/c1-5-11(4)17-14(16)19-20-18-13(15)12-9(2)7-6-8-10(12)3/h6-8,11H,5H2,1-4H3. The second-order valence-corrected chi connectivity index (χ2v) is 4.38. The number of aryl methyl sites for hydroxylation is 2. The Morgan fingerprint density at radius 2 is 1.75 bits per heavy atom. The summed E-state index contributed by atoms with van der Waals surface area (Å²) < 4.78 is 4.76. The van der Waals surface area contributed by atoms with Crippen molar-refractivity contribution in [3.05, 3.63) is 34.9 Å². The maximum absolute atomic E-state index is 11.8. The molecular weight excluding hydrogens is 264 g/mol. The van der Waals surface area contributed by atoms with Crippen molar-refractivity contribution in [2.75, 3.05) is 0 Å². The van der Waals surface area contributed by atoms with Gasteiger partial charge in [0.05, 0.1) is 10.6 Å². The number of ether oxygens (including phenoxy) is 1. The normalized spacial score (nSPS) is 11.6. The summed E-state index contributed by atoms with van der Waals surface area (Å²) >= 11 is 0. The van der Waals surface area contributed by atoms with Crippen LogP contribution in [-0.2, 0) is 19.6 Å². The van der Waals surface area contributed by atoms with Gasteiger partial charge in [-0.15, -0.1) is 0 Å². The molecule has 1 aromatic rings. The first-order valence-electron chi connectivity index (χ1n) is 6.28. The average Bonchev–Trinajstić information content (AvgIpc) is 2.38. The highest BCUT2D eigenvalue weighted by atomic mass is 17.5. The highest BCUT2D eigenvalue weighted by molar-refractivity contribution is 5.92. The van der Waals surface area contributed by atoms with E-state index in [4.69, 9.17) is 4.74 Å². The topological polar surface area (TPSA) is 71.1 Å². The Balaban J connectivity index is 2.46. The Morgan fingerprint density at radius 3 is 2.30 bits per heavy atom.